The van der Waals surface area contributed by atoms with Crippen molar-refractivity contribution in [2.75, 3.05) is 0 Å². The number of benzene rings is 2. The lowest BCUT2D eigenvalue weighted by Gasteiger charge is -2.17. The maximum atomic E-state index is 2.36. The Balaban J connectivity index is 2.08. The zero-order valence-corrected chi connectivity index (χ0v) is 13.1. The van der Waals surface area contributed by atoms with E-state index in [4.69, 9.17) is 0 Å². The third-order valence-corrected chi connectivity index (χ3v) is 4.35. The predicted octanol–water partition coefficient (Wildman–Crippen LogP) is 6.09. The minimum absolute atomic E-state index is 1.15. The highest BCUT2D eigenvalue weighted by Crippen LogP contribution is 2.33. The van der Waals surface area contributed by atoms with E-state index in [2.05, 4.69) is 75.4 Å². The van der Waals surface area contributed by atoms with Gasteiger partial charge in [-0.2, -0.15) is 0 Å². The van der Waals surface area contributed by atoms with Gasteiger partial charge in [0, 0.05) is 0 Å². The Morgan fingerprint density at radius 1 is 0.810 bits per heavy atom. The molecular weight excluding hydrogens is 252 g/mol. The second kappa shape index (κ2) is 5.73. The smallest absolute Gasteiger partial charge is 0.0178 e. The van der Waals surface area contributed by atoms with Crippen molar-refractivity contribution >= 4 is 5.57 Å². The molecule has 0 bridgehead atoms. The molecule has 21 heavy (non-hydrogen) atoms. The molecule has 1 aliphatic rings. The molecular formula is C21H22. The average Bonchev–Trinajstić information content (AvgIpc) is 2.50. The van der Waals surface area contributed by atoms with Crippen LogP contribution in [0.5, 0.6) is 0 Å². The van der Waals surface area contributed by atoms with E-state index in [9.17, 15) is 0 Å². The van der Waals surface area contributed by atoms with E-state index in [0.29, 0.717) is 0 Å². The highest BCUT2D eigenvalue weighted by Gasteiger charge is 2.11. The summed E-state index contributed by atoms with van der Waals surface area (Å²) in [6.07, 6.45) is 6.84. The van der Waals surface area contributed by atoms with Gasteiger partial charge in [-0.25, -0.2) is 0 Å². The molecule has 0 atom stereocenters. The predicted molar refractivity (Wildman–Crippen MR) is 92.3 cm³/mol. The van der Waals surface area contributed by atoms with Gasteiger partial charge in [0.2, 0.25) is 0 Å². The van der Waals surface area contributed by atoms with Gasteiger partial charge in [-0.05, 0) is 73.1 Å². The zero-order chi connectivity index (χ0) is 14.8. The fraction of sp³-hybridized carbons (Fsp3) is 0.238. The van der Waals surface area contributed by atoms with Gasteiger partial charge in [-0.1, -0.05) is 54.1 Å². The summed E-state index contributed by atoms with van der Waals surface area (Å²) in [5.74, 6) is 0. The van der Waals surface area contributed by atoms with Crippen molar-refractivity contribution in [3.8, 4) is 11.1 Å². The van der Waals surface area contributed by atoms with Gasteiger partial charge in [0.05, 0.1) is 0 Å². The Hall–Kier alpha value is -2.08. The second-order valence-corrected chi connectivity index (χ2v) is 6.00. The van der Waals surface area contributed by atoms with Crippen molar-refractivity contribution in [1.29, 1.82) is 0 Å². The molecule has 0 aromatic heterocycles. The molecule has 0 saturated heterocycles. The maximum absolute atomic E-state index is 2.36. The van der Waals surface area contributed by atoms with Crippen LogP contribution in [0.25, 0.3) is 16.7 Å². The third kappa shape index (κ3) is 2.85. The van der Waals surface area contributed by atoms with E-state index >= 15 is 0 Å². The van der Waals surface area contributed by atoms with Gasteiger partial charge in [0.25, 0.3) is 0 Å². The van der Waals surface area contributed by atoms with Crippen LogP contribution in [0.1, 0.15) is 36.5 Å². The summed E-state index contributed by atoms with van der Waals surface area (Å²) in [6.45, 7) is 6.57. The van der Waals surface area contributed by atoms with Crippen LogP contribution >= 0.6 is 0 Å². The van der Waals surface area contributed by atoms with Crippen molar-refractivity contribution in [2.24, 2.45) is 0 Å². The Morgan fingerprint density at radius 3 is 2.24 bits per heavy atom. The standard InChI is InChI=1S/C21H22/c1-15-8-11-18(12-9-15)19-13-10-17(3)21(14-19)20-7-5-4-6-16(20)2/h4,6,8-14H,5,7H2,1-3H3. The summed E-state index contributed by atoms with van der Waals surface area (Å²) < 4.78 is 0. The van der Waals surface area contributed by atoms with E-state index in [1.54, 1.807) is 0 Å². The molecule has 2 aromatic carbocycles. The molecule has 0 nitrogen and oxygen atoms in total. The minimum atomic E-state index is 1.15. The van der Waals surface area contributed by atoms with Gasteiger partial charge in [0.15, 0.2) is 0 Å². The van der Waals surface area contributed by atoms with Gasteiger partial charge < -0.3 is 0 Å². The van der Waals surface area contributed by atoms with E-state index in [1.165, 1.54) is 39.0 Å². The molecule has 2 aromatic rings. The number of allylic oxidation sites excluding steroid dienone is 4. The summed E-state index contributed by atoms with van der Waals surface area (Å²) in [7, 11) is 0. The van der Waals surface area contributed by atoms with Crippen molar-refractivity contribution < 1.29 is 0 Å². The van der Waals surface area contributed by atoms with Crippen LogP contribution in [0.4, 0.5) is 0 Å². The second-order valence-electron chi connectivity index (χ2n) is 6.00. The Kier molecular flexibility index (Phi) is 3.79. The molecule has 0 fully saturated rings. The summed E-state index contributed by atoms with van der Waals surface area (Å²) in [5, 5.41) is 0. The lowest BCUT2D eigenvalue weighted by molar-refractivity contribution is 1.03. The first-order chi connectivity index (χ1) is 10.1. The quantitative estimate of drug-likeness (QED) is 0.621. The molecule has 0 heterocycles. The normalized spacial score (nSPS) is 14.6. The van der Waals surface area contributed by atoms with Crippen LogP contribution < -0.4 is 0 Å². The van der Waals surface area contributed by atoms with Crippen molar-refractivity contribution in [2.45, 2.75) is 33.6 Å². The van der Waals surface area contributed by atoms with E-state index in [1.807, 2.05) is 0 Å². The van der Waals surface area contributed by atoms with Gasteiger partial charge >= 0.3 is 0 Å². The van der Waals surface area contributed by atoms with Crippen LogP contribution in [0.2, 0.25) is 0 Å². The lowest BCUT2D eigenvalue weighted by Crippen LogP contribution is -1.96. The molecule has 0 saturated carbocycles. The molecule has 0 unspecified atom stereocenters. The van der Waals surface area contributed by atoms with Crippen LogP contribution in [0.15, 0.2) is 60.2 Å². The monoisotopic (exact) mass is 274 g/mol. The first kappa shape index (κ1) is 13.9. The highest BCUT2D eigenvalue weighted by molar-refractivity contribution is 5.78. The van der Waals surface area contributed by atoms with E-state index in [-0.39, 0.29) is 0 Å². The number of hydrogen-bond donors (Lipinski definition) is 0. The van der Waals surface area contributed by atoms with Crippen LogP contribution in [-0.4, -0.2) is 0 Å². The summed E-state index contributed by atoms with van der Waals surface area (Å²) in [5.41, 5.74) is 9.61. The lowest BCUT2D eigenvalue weighted by atomic mass is 9.88. The Morgan fingerprint density at radius 2 is 1.52 bits per heavy atom. The van der Waals surface area contributed by atoms with Gasteiger partial charge in [-0.15, -0.1) is 0 Å². The van der Waals surface area contributed by atoms with Gasteiger partial charge in [0.1, 0.15) is 0 Å². The summed E-state index contributed by atoms with van der Waals surface area (Å²) >= 11 is 0. The van der Waals surface area contributed by atoms with Gasteiger partial charge in [-0.3, -0.25) is 0 Å². The Bertz CT molecular complexity index is 712. The van der Waals surface area contributed by atoms with Crippen LogP contribution in [0.3, 0.4) is 0 Å². The van der Waals surface area contributed by atoms with Crippen molar-refractivity contribution in [1.82, 2.24) is 0 Å². The molecule has 0 spiro atoms. The summed E-state index contributed by atoms with van der Waals surface area (Å²) in [4.78, 5) is 0. The van der Waals surface area contributed by atoms with E-state index < -0.39 is 0 Å². The number of rotatable bonds is 2. The molecule has 0 radical (unpaired) electrons. The molecule has 0 aliphatic heterocycles. The minimum Gasteiger partial charge on any atom is -0.0839 e. The highest BCUT2D eigenvalue weighted by atomic mass is 14.2. The first-order valence-corrected chi connectivity index (χ1v) is 7.69. The molecule has 0 amide bonds. The molecule has 0 N–H and O–H groups in total. The zero-order valence-electron chi connectivity index (χ0n) is 13.1. The third-order valence-electron chi connectivity index (χ3n) is 4.35. The fourth-order valence-electron chi connectivity index (χ4n) is 3.01. The molecule has 1 aliphatic carbocycles. The molecule has 106 valence electrons. The maximum Gasteiger partial charge on any atom is -0.0178 e. The van der Waals surface area contributed by atoms with Crippen LogP contribution in [-0.2, 0) is 0 Å². The van der Waals surface area contributed by atoms with Crippen LogP contribution in [0, 0.1) is 13.8 Å². The largest absolute Gasteiger partial charge is 0.0839 e. The van der Waals surface area contributed by atoms with E-state index in [0.717, 1.165) is 12.8 Å². The summed E-state index contributed by atoms with van der Waals surface area (Å²) in [6, 6.07) is 15.6. The van der Waals surface area contributed by atoms with Crippen molar-refractivity contribution in [3.63, 3.8) is 0 Å². The van der Waals surface area contributed by atoms with Crippen molar-refractivity contribution in [3.05, 3.63) is 76.9 Å². The number of aryl methyl sites for hydroxylation is 2. The number of hydrogen-bond acceptors (Lipinski definition) is 0. The SMILES string of the molecule is CC1=C(c2cc(-c3ccc(C)cc3)ccc2C)CCC=C1. The average molecular weight is 274 g/mol. The fourth-order valence-corrected chi connectivity index (χ4v) is 3.01. The topological polar surface area (TPSA) is 0 Å². The molecule has 0 heteroatoms. The Labute approximate surface area is 127 Å². The molecule has 3 rings (SSSR count). The first-order valence-electron chi connectivity index (χ1n) is 7.69.